The van der Waals surface area contributed by atoms with Gasteiger partial charge in [0.1, 0.15) is 11.9 Å². The normalized spacial score (nSPS) is 15.1. The molecule has 0 radical (unpaired) electrons. The Morgan fingerprint density at radius 2 is 1.88 bits per heavy atom. The summed E-state index contributed by atoms with van der Waals surface area (Å²) in [6.45, 7) is 0.860. The molecular formula is C26H21NO4S. The topological polar surface area (TPSA) is 59.8 Å². The first-order valence-corrected chi connectivity index (χ1v) is 11.3. The predicted octanol–water partition coefficient (Wildman–Crippen LogP) is 5.64. The summed E-state index contributed by atoms with van der Waals surface area (Å²) < 4.78 is 11.1. The molecule has 1 amide bonds. The molecule has 3 heterocycles. The number of ether oxygens (including phenoxy) is 1. The third-order valence-electron chi connectivity index (χ3n) is 5.54. The molecule has 0 N–H and O–H groups in total. The monoisotopic (exact) mass is 443 g/mol. The summed E-state index contributed by atoms with van der Waals surface area (Å²) in [5.74, 6) is 0.263. The number of furan rings is 1. The number of thiophene rings is 1. The van der Waals surface area contributed by atoms with Crippen LogP contribution in [0.1, 0.15) is 48.6 Å². The zero-order valence-electron chi connectivity index (χ0n) is 17.3. The lowest BCUT2D eigenvalue weighted by Crippen LogP contribution is -2.30. The average Bonchev–Trinajstić information content (AvgIpc) is 3.53. The number of esters is 1. The van der Waals surface area contributed by atoms with E-state index in [0.717, 1.165) is 21.8 Å². The summed E-state index contributed by atoms with van der Waals surface area (Å²) in [5, 5.41) is 2.00. The number of fused-ring (bicyclic) bond motifs is 1. The summed E-state index contributed by atoms with van der Waals surface area (Å²) in [6.07, 6.45) is 1.79. The van der Waals surface area contributed by atoms with E-state index in [0.29, 0.717) is 30.6 Å². The lowest BCUT2D eigenvalue weighted by molar-refractivity contribution is 0.0252. The Morgan fingerprint density at radius 3 is 2.62 bits per heavy atom. The van der Waals surface area contributed by atoms with Crippen molar-refractivity contribution in [1.82, 2.24) is 4.90 Å². The van der Waals surface area contributed by atoms with Crippen molar-refractivity contribution in [1.29, 1.82) is 0 Å². The maximum absolute atomic E-state index is 13.5. The fourth-order valence-corrected chi connectivity index (χ4v) is 4.67. The largest absolute Gasteiger partial charge is 0.467 e. The highest BCUT2D eigenvalue weighted by Gasteiger charge is 2.29. The molecular weight excluding hydrogens is 422 g/mol. The molecule has 1 aliphatic heterocycles. The lowest BCUT2D eigenvalue weighted by atomic mass is 9.93. The first kappa shape index (κ1) is 20.3. The van der Waals surface area contributed by atoms with E-state index >= 15 is 0 Å². The molecule has 32 heavy (non-hydrogen) atoms. The molecule has 160 valence electrons. The van der Waals surface area contributed by atoms with E-state index in [1.54, 1.807) is 34.6 Å². The summed E-state index contributed by atoms with van der Waals surface area (Å²) >= 11 is 1.61. The molecule has 5 rings (SSSR count). The number of nitrogens with zero attached hydrogens (tertiary/aromatic N) is 1. The standard InChI is InChI=1S/C26H21NO4S/c28-25(27(16-21-8-4-12-30-21)17-22-9-5-13-32-22)19-10-11-23-20(14-19)15-24(31-26(23)29)18-6-2-1-3-7-18/h1-14,24H,15-17H2. The number of amides is 1. The minimum absolute atomic E-state index is 0.104. The molecule has 0 saturated heterocycles. The van der Waals surface area contributed by atoms with E-state index in [2.05, 4.69) is 0 Å². The zero-order chi connectivity index (χ0) is 21.9. The minimum Gasteiger partial charge on any atom is -0.467 e. The van der Waals surface area contributed by atoms with Gasteiger partial charge < -0.3 is 14.1 Å². The van der Waals surface area contributed by atoms with E-state index in [4.69, 9.17) is 9.15 Å². The van der Waals surface area contributed by atoms with Gasteiger partial charge in [-0.2, -0.15) is 0 Å². The molecule has 0 saturated carbocycles. The van der Waals surface area contributed by atoms with Gasteiger partial charge in [0.05, 0.1) is 24.9 Å². The van der Waals surface area contributed by atoms with Gasteiger partial charge in [0.15, 0.2) is 0 Å². The van der Waals surface area contributed by atoms with Gasteiger partial charge in [-0.3, -0.25) is 4.79 Å². The first-order chi connectivity index (χ1) is 15.7. The van der Waals surface area contributed by atoms with Crippen LogP contribution in [-0.2, 0) is 24.2 Å². The van der Waals surface area contributed by atoms with Crippen molar-refractivity contribution < 1.29 is 18.7 Å². The Hall–Kier alpha value is -3.64. The molecule has 0 bridgehead atoms. The number of hydrogen-bond donors (Lipinski definition) is 0. The van der Waals surface area contributed by atoms with Crippen LogP contribution >= 0.6 is 11.3 Å². The number of hydrogen-bond acceptors (Lipinski definition) is 5. The van der Waals surface area contributed by atoms with Crippen LogP contribution in [0.3, 0.4) is 0 Å². The first-order valence-electron chi connectivity index (χ1n) is 10.4. The molecule has 1 unspecified atom stereocenters. The van der Waals surface area contributed by atoms with E-state index in [1.165, 1.54) is 0 Å². The van der Waals surface area contributed by atoms with Crippen LogP contribution in [0.4, 0.5) is 0 Å². The molecule has 0 aliphatic carbocycles. The second kappa shape index (κ2) is 8.85. The van der Waals surface area contributed by atoms with Crippen LogP contribution in [0, 0.1) is 0 Å². The predicted molar refractivity (Wildman–Crippen MR) is 121 cm³/mol. The van der Waals surface area contributed by atoms with Crippen molar-refractivity contribution in [2.45, 2.75) is 25.6 Å². The molecule has 1 atom stereocenters. The van der Waals surface area contributed by atoms with Crippen LogP contribution in [0.5, 0.6) is 0 Å². The molecule has 0 fully saturated rings. The molecule has 0 spiro atoms. The Bertz CT molecular complexity index is 1180. The van der Waals surface area contributed by atoms with Crippen molar-refractivity contribution in [3.8, 4) is 0 Å². The maximum Gasteiger partial charge on any atom is 0.339 e. The maximum atomic E-state index is 13.5. The summed E-state index contributed by atoms with van der Waals surface area (Å²) in [4.78, 5) is 28.9. The van der Waals surface area contributed by atoms with Gasteiger partial charge in [0.2, 0.25) is 0 Å². The van der Waals surface area contributed by atoms with Gasteiger partial charge in [-0.15, -0.1) is 11.3 Å². The number of carbonyl (C=O) groups excluding carboxylic acids is 2. The second-order valence-corrected chi connectivity index (χ2v) is 8.73. The van der Waals surface area contributed by atoms with Crippen molar-refractivity contribution in [2.75, 3.05) is 0 Å². The molecule has 1 aliphatic rings. The van der Waals surface area contributed by atoms with Crippen molar-refractivity contribution in [3.63, 3.8) is 0 Å². The molecule has 5 nitrogen and oxygen atoms in total. The van der Waals surface area contributed by atoms with Crippen LogP contribution in [0.25, 0.3) is 0 Å². The minimum atomic E-state index is -0.356. The smallest absolute Gasteiger partial charge is 0.339 e. The SMILES string of the molecule is O=C1OC(c2ccccc2)Cc2cc(C(=O)N(Cc3ccco3)Cc3cccs3)ccc21. The van der Waals surface area contributed by atoms with Crippen molar-refractivity contribution in [2.24, 2.45) is 0 Å². The highest BCUT2D eigenvalue weighted by Crippen LogP contribution is 2.31. The average molecular weight is 444 g/mol. The summed E-state index contributed by atoms with van der Waals surface area (Å²) in [5.41, 5.74) is 2.84. The quantitative estimate of drug-likeness (QED) is 0.362. The van der Waals surface area contributed by atoms with Crippen molar-refractivity contribution >= 4 is 23.2 Å². The summed E-state index contributed by atoms with van der Waals surface area (Å²) in [7, 11) is 0. The van der Waals surface area contributed by atoms with Crippen LogP contribution in [0.2, 0.25) is 0 Å². The Labute approximate surface area is 189 Å². The number of cyclic esters (lactones) is 1. The van der Waals surface area contributed by atoms with Crippen molar-refractivity contribution in [3.05, 3.63) is 117 Å². The van der Waals surface area contributed by atoms with E-state index < -0.39 is 0 Å². The van der Waals surface area contributed by atoms with Gasteiger partial charge in [-0.1, -0.05) is 36.4 Å². The lowest BCUT2D eigenvalue weighted by Gasteiger charge is -2.26. The summed E-state index contributed by atoms with van der Waals surface area (Å²) in [6, 6.07) is 22.6. The van der Waals surface area contributed by atoms with Gasteiger partial charge in [0, 0.05) is 16.9 Å². The highest BCUT2D eigenvalue weighted by molar-refractivity contribution is 7.09. The molecule has 2 aromatic heterocycles. The number of carbonyl (C=O) groups is 2. The van der Waals surface area contributed by atoms with E-state index in [-0.39, 0.29) is 18.0 Å². The second-order valence-electron chi connectivity index (χ2n) is 7.70. The van der Waals surface area contributed by atoms with Gasteiger partial charge in [-0.05, 0) is 52.9 Å². The van der Waals surface area contributed by atoms with E-state index in [1.807, 2.05) is 66.0 Å². The fraction of sp³-hybridized carbons (Fsp3) is 0.154. The molecule has 2 aromatic carbocycles. The highest BCUT2D eigenvalue weighted by atomic mass is 32.1. The van der Waals surface area contributed by atoms with Gasteiger partial charge in [-0.25, -0.2) is 4.79 Å². The Morgan fingerprint density at radius 1 is 1.00 bits per heavy atom. The Kier molecular flexibility index (Phi) is 5.60. The van der Waals surface area contributed by atoms with E-state index in [9.17, 15) is 9.59 Å². The number of rotatable bonds is 6. The van der Waals surface area contributed by atoms with Crippen LogP contribution < -0.4 is 0 Å². The third-order valence-corrected chi connectivity index (χ3v) is 6.40. The van der Waals surface area contributed by atoms with Crippen LogP contribution in [-0.4, -0.2) is 16.8 Å². The van der Waals surface area contributed by atoms with Crippen LogP contribution in [0.15, 0.2) is 88.9 Å². The Balaban J connectivity index is 1.43. The van der Waals surface area contributed by atoms with Gasteiger partial charge >= 0.3 is 5.97 Å². The fourth-order valence-electron chi connectivity index (χ4n) is 3.95. The zero-order valence-corrected chi connectivity index (χ0v) is 18.1. The molecule has 6 heteroatoms. The third kappa shape index (κ3) is 4.22. The number of benzene rings is 2. The molecule has 4 aromatic rings. The van der Waals surface area contributed by atoms with Gasteiger partial charge in [0.25, 0.3) is 5.91 Å².